The van der Waals surface area contributed by atoms with E-state index in [0.717, 1.165) is 29.9 Å². The lowest BCUT2D eigenvalue weighted by molar-refractivity contribution is 0.200. The molecule has 0 bridgehead atoms. The lowest BCUT2D eigenvalue weighted by atomic mass is 10.2. The fourth-order valence-electron chi connectivity index (χ4n) is 2.73. The summed E-state index contributed by atoms with van der Waals surface area (Å²) in [5, 5.41) is 3.65. The van der Waals surface area contributed by atoms with Gasteiger partial charge in [0, 0.05) is 12.6 Å². The van der Waals surface area contributed by atoms with Crippen molar-refractivity contribution in [2.45, 2.75) is 38.3 Å². The molecule has 1 heterocycles. The van der Waals surface area contributed by atoms with E-state index in [-0.39, 0.29) is 0 Å². The molecule has 0 atom stereocenters. The Kier molecular flexibility index (Phi) is 5.18. The molecular weight excluding hydrogens is 314 g/mol. The van der Waals surface area contributed by atoms with Gasteiger partial charge in [-0.2, -0.15) is 0 Å². The minimum absolute atomic E-state index is 0.299. The van der Waals surface area contributed by atoms with E-state index >= 15 is 0 Å². The quantitative estimate of drug-likeness (QED) is 0.807. The molecule has 2 aromatic rings. The van der Waals surface area contributed by atoms with Crippen LogP contribution in [0.1, 0.15) is 31.2 Å². The first-order valence-corrected chi connectivity index (χ1v) is 8.17. The van der Waals surface area contributed by atoms with Crippen molar-refractivity contribution in [3.05, 3.63) is 41.3 Å². The van der Waals surface area contributed by atoms with Gasteiger partial charge in [-0.25, -0.2) is 9.97 Å². The Morgan fingerprint density at radius 2 is 2.00 bits per heavy atom. The van der Waals surface area contributed by atoms with Crippen LogP contribution in [0.5, 0.6) is 11.5 Å². The summed E-state index contributed by atoms with van der Waals surface area (Å²) in [5.74, 6) is 2.27. The maximum Gasteiger partial charge on any atom is 0.161 e. The highest BCUT2D eigenvalue weighted by Crippen LogP contribution is 2.32. The molecule has 122 valence electrons. The van der Waals surface area contributed by atoms with Gasteiger partial charge in [-0.1, -0.05) is 17.7 Å². The van der Waals surface area contributed by atoms with E-state index in [1.165, 1.54) is 19.2 Å². The molecular formula is C17H20ClN3O2. The average Bonchev–Trinajstić information content (AvgIpc) is 3.06. The second-order valence-electron chi connectivity index (χ2n) is 5.59. The molecule has 1 aromatic heterocycles. The first-order chi connectivity index (χ1) is 11.2. The Hall–Kier alpha value is -2.01. The van der Waals surface area contributed by atoms with Crippen molar-refractivity contribution in [3.8, 4) is 11.5 Å². The second kappa shape index (κ2) is 7.51. The zero-order chi connectivity index (χ0) is 16.1. The number of methoxy groups -OCH3 is 1. The van der Waals surface area contributed by atoms with Crippen LogP contribution in [0.4, 0.5) is 5.82 Å². The van der Waals surface area contributed by atoms with Gasteiger partial charge in [0.05, 0.1) is 13.2 Å². The van der Waals surface area contributed by atoms with Crippen LogP contribution in [0.3, 0.4) is 0 Å². The highest BCUT2D eigenvalue weighted by Gasteiger charge is 2.18. The molecule has 1 aliphatic carbocycles. The summed E-state index contributed by atoms with van der Waals surface area (Å²) >= 11 is 5.86. The molecule has 1 N–H and O–H groups in total. The van der Waals surface area contributed by atoms with Crippen molar-refractivity contribution >= 4 is 17.4 Å². The standard InChI is InChI=1S/C17H20ClN3O2/c1-22-14-7-6-12(8-15(14)23-13-4-2-3-5-13)10-19-17-9-16(18)20-11-21-17/h6-9,11,13H,2-5,10H2,1H3,(H,19,20,21). The fraction of sp³-hybridized carbons (Fsp3) is 0.412. The molecule has 1 saturated carbocycles. The van der Waals surface area contributed by atoms with E-state index in [0.29, 0.717) is 23.6 Å². The van der Waals surface area contributed by atoms with Crippen LogP contribution in [-0.4, -0.2) is 23.2 Å². The third-order valence-corrected chi connectivity index (χ3v) is 4.14. The lowest BCUT2D eigenvalue weighted by Gasteiger charge is -2.17. The summed E-state index contributed by atoms with van der Waals surface area (Å²) in [5.41, 5.74) is 1.09. The van der Waals surface area contributed by atoms with E-state index in [4.69, 9.17) is 21.1 Å². The highest BCUT2D eigenvalue weighted by atomic mass is 35.5. The Morgan fingerprint density at radius 1 is 1.17 bits per heavy atom. The SMILES string of the molecule is COc1ccc(CNc2cc(Cl)ncn2)cc1OC1CCCC1. The van der Waals surface area contributed by atoms with Gasteiger partial charge in [-0.3, -0.25) is 0 Å². The zero-order valence-corrected chi connectivity index (χ0v) is 13.8. The fourth-order valence-corrected chi connectivity index (χ4v) is 2.88. The monoisotopic (exact) mass is 333 g/mol. The van der Waals surface area contributed by atoms with Crippen molar-refractivity contribution in [1.29, 1.82) is 0 Å². The molecule has 0 spiro atoms. The maximum atomic E-state index is 6.11. The average molecular weight is 334 g/mol. The van der Waals surface area contributed by atoms with Gasteiger partial charge < -0.3 is 14.8 Å². The van der Waals surface area contributed by atoms with Gasteiger partial charge in [-0.15, -0.1) is 0 Å². The molecule has 5 nitrogen and oxygen atoms in total. The van der Waals surface area contributed by atoms with E-state index < -0.39 is 0 Å². The molecule has 1 fully saturated rings. The number of benzene rings is 1. The number of hydrogen-bond donors (Lipinski definition) is 1. The molecule has 3 rings (SSSR count). The number of nitrogens with one attached hydrogen (secondary N) is 1. The zero-order valence-electron chi connectivity index (χ0n) is 13.1. The highest BCUT2D eigenvalue weighted by molar-refractivity contribution is 6.29. The van der Waals surface area contributed by atoms with Crippen LogP contribution in [0.15, 0.2) is 30.6 Å². The van der Waals surface area contributed by atoms with E-state index in [9.17, 15) is 0 Å². The molecule has 0 amide bonds. The van der Waals surface area contributed by atoms with Crippen molar-refractivity contribution in [1.82, 2.24) is 9.97 Å². The topological polar surface area (TPSA) is 56.3 Å². The van der Waals surface area contributed by atoms with E-state index in [1.807, 2.05) is 18.2 Å². The van der Waals surface area contributed by atoms with Gasteiger partial charge in [0.2, 0.25) is 0 Å². The number of aromatic nitrogens is 2. The van der Waals surface area contributed by atoms with Gasteiger partial charge in [0.25, 0.3) is 0 Å². The van der Waals surface area contributed by atoms with Crippen LogP contribution in [0.25, 0.3) is 0 Å². The van der Waals surface area contributed by atoms with Gasteiger partial charge in [0.1, 0.15) is 17.3 Å². The Bertz CT molecular complexity index is 660. The number of halogens is 1. The van der Waals surface area contributed by atoms with Crippen LogP contribution in [0.2, 0.25) is 5.15 Å². The Morgan fingerprint density at radius 3 is 2.74 bits per heavy atom. The number of hydrogen-bond acceptors (Lipinski definition) is 5. The molecule has 0 radical (unpaired) electrons. The normalized spacial score (nSPS) is 14.7. The first-order valence-electron chi connectivity index (χ1n) is 7.79. The molecule has 1 aromatic carbocycles. The van der Waals surface area contributed by atoms with Gasteiger partial charge in [0.15, 0.2) is 11.5 Å². The summed E-state index contributed by atoms with van der Waals surface area (Å²) in [6, 6.07) is 7.67. The van der Waals surface area contributed by atoms with Crippen LogP contribution in [0, 0.1) is 0 Å². The molecule has 6 heteroatoms. The van der Waals surface area contributed by atoms with Crippen molar-refractivity contribution in [2.75, 3.05) is 12.4 Å². The molecule has 0 aliphatic heterocycles. The third kappa shape index (κ3) is 4.26. The number of ether oxygens (including phenoxy) is 2. The van der Waals surface area contributed by atoms with Gasteiger partial charge >= 0.3 is 0 Å². The number of nitrogens with zero attached hydrogens (tertiary/aromatic N) is 2. The maximum absolute atomic E-state index is 6.11. The predicted molar refractivity (Wildman–Crippen MR) is 90.2 cm³/mol. The lowest BCUT2D eigenvalue weighted by Crippen LogP contribution is -2.12. The van der Waals surface area contributed by atoms with Crippen LogP contribution >= 0.6 is 11.6 Å². The second-order valence-corrected chi connectivity index (χ2v) is 5.98. The van der Waals surface area contributed by atoms with Crippen molar-refractivity contribution in [2.24, 2.45) is 0 Å². The summed E-state index contributed by atoms with van der Waals surface area (Å²) in [6.45, 7) is 0.623. The number of rotatable bonds is 6. The molecule has 1 aliphatic rings. The van der Waals surface area contributed by atoms with Crippen LogP contribution in [-0.2, 0) is 6.54 Å². The minimum Gasteiger partial charge on any atom is -0.493 e. The number of anilines is 1. The van der Waals surface area contributed by atoms with Crippen molar-refractivity contribution < 1.29 is 9.47 Å². The molecule has 0 saturated heterocycles. The Labute approximate surface area is 141 Å². The van der Waals surface area contributed by atoms with Gasteiger partial charge in [-0.05, 0) is 43.4 Å². The minimum atomic E-state index is 0.299. The molecule has 0 unspecified atom stereocenters. The molecule has 23 heavy (non-hydrogen) atoms. The summed E-state index contributed by atoms with van der Waals surface area (Å²) in [7, 11) is 1.66. The summed E-state index contributed by atoms with van der Waals surface area (Å²) < 4.78 is 11.5. The van der Waals surface area contributed by atoms with E-state index in [1.54, 1.807) is 13.2 Å². The smallest absolute Gasteiger partial charge is 0.161 e. The largest absolute Gasteiger partial charge is 0.493 e. The Balaban J connectivity index is 1.69. The van der Waals surface area contributed by atoms with Crippen molar-refractivity contribution in [3.63, 3.8) is 0 Å². The van der Waals surface area contributed by atoms with Crippen LogP contribution < -0.4 is 14.8 Å². The third-order valence-electron chi connectivity index (χ3n) is 3.93. The first kappa shape index (κ1) is 15.9. The summed E-state index contributed by atoms with van der Waals surface area (Å²) in [6.07, 6.45) is 6.45. The predicted octanol–water partition coefficient (Wildman–Crippen LogP) is 4.07. The summed E-state index contributed by atoms with van der Waals surface area (Å²) in [4.78, 5) is 8.00. The van der Waals surface area contributed by atoms with E-state index in [2.05, 4.69) is 15.3 Å².